The standard InChI is InChI=1S/C7H9NO2S/c1-5-7(8)2-6(11-5)3-10-4-9/h2,4H,3,8H2,1H3. The van der Waals surface area contributed by atoms with Gasteiger partial charge in [-0.25, -0.2) is 0 Å². The van der Waals surface area contributed by atoms with Gasteiger partial charge in [-0.2, -0.15) is 0 Å². The van der Waals surface area contributed by atoms with Gasteiger partial charge in [0.1, 0.15) is 6.61 Å². The lowest BCUT2D eigenvalue weighted by molar-refractivity contribution is -0.129. The molecule has 0 saturated carbocycles. The van der Waals surface area contributed by atoms with E-state index in [1.165, 1.54) is 0 Å². The molecule has 0 atom stereocenters. The van der Waals surface area contributed by atoms with Gasteiger partial charge in [0.2, 0.25) is 0 Å². The summed E-state index contributed by atoms with van der Waals surface area (Å²) in [4.78, 5) is 11.9. The van der Waals surface area contributed by atoms with E-state index in [-0.39, 0.29) is 0 Å². The van der Waals surface area contributed by atoms with Gasteiger partial charge in [-0.3, -0.25) is 4.79 Å². The van der Waals surface area contributed by atoms with E-state index in [1.54, 1.807) is 11.3 Å². The van der Waals surface area contributed by atoms with Gasteiger partial charge in [0.15, 0.2) is 0 Å². The molecule has 2 N–H and O–H groups in total. The Morgan fingerprint density at radius 1 is 1.82 bits per heavy atom. The van der Waals surface area contributed by atoms with E-state index in [2.05, 4.69) is 4.74 Å². The summed E-state index contributed by atoms with van der Waals surface area (Å²) in [5.74, 6) is 0. The number of carbonyl (C=O) groups excluding carboxylic acids is 1. The molecular weight excluding hydrogens is 162 g/mol. The smallest absolute Gasteiger partial charge is 0.293 e. The average molecular weight is 171 g/mol. The van der Waals surface area contributed by atoms with Gasteiger partial charge >= 0.3 is 0 Å². The van der Waals surface area contributed by atoms with Crippen molar-refractivity contribution in [3.8, 4) is 0 Å². The lowest BCUT2D eigenvalue weighted by Gasteiger charge is -1.90. The van der Waals surface area contributed by atoms with E-state index >= 15 is 0 Å². The summed E-state index contributed by atoms with van der Waals surface area (Å²) in [5.41, 5.74) is 6.34. The Morgan fingerprint density at radius 3 is 3.00 bits per heavy atom. The van der Waals surface area contributed by atoms with Crippen molar-refractivity contribution in [3.63, 3.8) is 0 Å². The molecule has 0 radical (unpaired) electrons. The Kier molecular flexibility index (Phi) is 2.48. The van der Waals surface area contributed by atoms with Crippen LogP contribution < -0.4 is 5.73 Å². The first-order valence-electron chi connectivity index (χ1n) is 3.14. The number of anilines is 1. The van der Waals surface area contributed by atoms with Gasteiger partial charge in [0.25, 0.3) is 6.47 Å². The molecule has 0 spiro atoms. The second-order valence-electron chi connectivity index (χ2n) is 2.13. The van der Waals surface area contributed by atoms with Crippen LogP contribution in [0.2, 0.25) is 0 Å². The first kappa shape index (κ1) is 8.07. The van der Waals surface area contributed by atoms with Crippen LogP contribution in [0, 0.1) is 6.92 Å². The number of ether oxygens (including phenoxy) is 1. The predicted molar refractivity (Wildman–Crippen MR) is 44.3 cm³/mol. The van der Waals surface area contributed by atoms with Gasteiger partial charge in [0, 0.05) is 15.4 Å². The SMILES string of the molecule is Cc1sc(COC=O)cc1N. The highest BCUT2D eigenvalue weighted by atomic mass is 32.1. The molecule has 60 valence electrons. The van der Waals surface area contributed by atoms with Gasteiger partial charge in [0.05, 0.1) is 0 Å². The minimum atomic E-state index is 0.326. The van der Waals surface area contributed by atoms with Crippen molar-refractivity contribution in [3.05, 3.63) is 15.8 Å². The Labute approximate surface area is 68.8 Å². The fourth-order valence-corrected chi connectivity index (χ4v) is 1.63. The van der Waals surface area contributed by atoms with Crippen LogP contribution in [-0.2, 0) is 16.1 Å². The monoisotopic (exact) mass is 171 g/mol. The first-order valence-corrected chi connectivity index (χ1v) is 3.95. The molecule has 0 aliphatic rings. The largest absolute Gasteiger partial charge is 0.462 e. The second-order valence-corrected chi connectivity index (χ2v) is 3.47. The van der Waals surface area contributed by atoms with E-state index in [4.69, 9.17) is 5.73 Å². The third kappa shape index (κ3) is 1.94. The van der Waals surface area contributed by atoms with E-state index in [0.717, 1.165) is 15.4 Å². The molecule has 1 rings (SSSR count). The summed E-state index contributed by atoms with van der Waals surface area (Å²) in [6.45, 7) is 2.70. The molecular formula is C7H9NO2S. The van der Waals surface area contributed by atoms with Crippen molar-refractivity contribution >= 4 is 23.5 Å². The fraction of sp³-hybridized carbons (Fsp3) is 0.286. The van der Waals surface area contributed by atoms with Crippen LogP contribution in [0.4, 0.5) is 5.69 Å². The molecule has 0 saturated heterocycles. The summed E-state index contributed by atoms with van der Waals surface area (Å²) >= 11 is 1.55. The maximum atomic E-state index is 9.82. The predicted octanol–water partition coefficient (Wildman–Crippen LogP) is 1.31. The van der Waals surface area contributed by atoms with Gasteiger partial charge < -0.3 is 10.5 Å². The van der Waals surface area contributed by atoms with Crippen LogP contribution in [0.15, 0.2) is 6.07 Å². The highest BCUT2D eigenvalue weighted by molar-refractivity contribution is 7.12. The summed E-state index contributed by atoms with van der Waals surface area (Å²) in [6.07, 6.45) is 0. The number of nitrogen functional groups attached to an aromatic ring is 1. The van der Waals surface area contributed by atoms with Crippen molar-refractivity contribution in [2.75, 3.05) is 5.73 Å². The zero-order valence-corrected chi connectivity index (χ0v) is 6.98. The molecule has 0 fully saturated rings. The zero-order valence-electron chi connectivity index (χ0n) is 6.16. The number of thiophene rings is 1. The van der Waals surface area contributed by atoms with Crippen LogP contribution in [0.1, 0.15) is 9.75 Å². The molecule has 1 heterocycles. The number of aryl methyl sites for hydroxylation is 1. The molecule has 0 aromatic carbocycles. The number of rotatable bonds is 3. The summed E-state index contributed by atoms with van der Waals surface area (Å²) in [7, 11) is 0. The number of carbonyl (C=O) groups is 1. The second kappa shape index (κ2) is 3.39. The third-order valence-electron chi connectivity index (χ3n) is 1.30. The van der Waals surface area contributed by atoms with E-state index in [0.29, 0.717) is 13.1 Å². The molecule has 3 nitrogen and oxygen atoms in total. The topological polar surface area (TPSA) is 52.3 Å². The van der Waals surface area contributed by atoms with Crippen LogP contribution in [-0.4, -0.2) is 6.47 Å². The lowest BCUT2D eigenvalue weighted by Crippen LogP contribution is -1.85. The van der Waals surface area contributed by atoms with Gasteiger partial charge in [-0.15, -0.1) is 11.3 Å². The number of hydrogen-bond acceptors (Lipinski definition) is 4. The molecule has 4 heteroatoms. The third-order valence-corrected chi connectivity index (χ3v) is 2.34. The van der Waals surface area contributed by atoms with Crippen LogP contribution in [0.3, 0.4) is 0 Å². The van der Waals surface area contributed by atoms with Gasteiger partial charge in [-0.05, 0) is 13.0 Å². The minimum absolute atomic E-state index is 0.326. The van der Waals surface area contributed by atoms with E-state index in [9.17, 15) is 4.79 Å². The van der Waals surface area contributed by atoms with Crippen molar-refractivity contribution in [2.24, 2.45) is 0 Å². The maximum absolute atomic E-state index is 9.82. The molecule has 0 aliphatic carbocycles. The Bertz CT molecular complexity index is 237. The van der Waals surface area contributed by atoms with Crippen LogP contribution in [0.25, 0.3) is 0 Å². The summed E-state index contributed by atoms with van der Waals surface area (Å²) < 4.78 is 4.56. The zero-order chi connectivity index (χ0) is 8.27. The minimum Gasteiger partial charge on any atom is -0.462 e. The summed E-state index contributed by atoms with van der Waals surface area (Å²) in [6, 6.07) is 1.82. The highest BCUT2D eigenvalue weighted by Gasteiger charge is 2.01. The lowest BCUT2D eigenvalue weighted by atomic mass is 10.4. The Hall–Kier alpha value is -1.03. The van der Waals surface area contributed by atoms with Crippen LogP contribution in [0.5, 0.6) is 0 Å². The average Bonchev–Trinajstić information content (AvgIpc) is 2.28. The Balaban J connectivity index is 2.64. The molecule has 1 aromatic heterocycles. The van der Waals surface area contributed by atoms with Crippen molar-refractivity contribution in [2.45, 2.75) is 13.5 Å². The molecule has 0 aliphatic heterocycles. The molecule has 0 amide bonds. The number of nitrogens with two attached hydrogens (primary N) is 1. The molecule has 1 aromatic rings. The van der Waals surface area contributed by atoms with Crippen LogP contribution >= 0.6 is 11.3 Å². The van der Waals surface area contributed by atoms with E-state index in [1.807, 2.05) is 13.0 Å². The molecule has 11 heavy (non-hydrogen) atoms. The van der Waals surface area contributed by atoms with Gasteiger partial charge in [-0.1, -0.05) is 0 Å². The quantitative estimate of drug-likeness (QED) is 0.697. The Morgan fingerprint density at radius 2 is 2.55 bits per heavy atom. The highest BCUT2D eigenvalue weighted by Crippen LogP contribution is 2.23. The molecule has 0 bridgehead atoms. The fourth-order valence-electron chi connectivity index (χ4n) is 0.747. The van der Waals surface area contributed by atoms with Crippen molar-refractivity contribution in [1.29, 1.82) is 0 Å². The van der Waals surface area contributed by atoms with Crippen molar-refractivity contribution in [1.82, 2.24) is 0 Å². The number of hydrogen-bond donors (Lipinski definition) is 1. The van der Waals surface area contributed by atoms with E-state index < -0.39 is 0 Å². The maximum Gasteiger partial charge on any atom is 0.293 e. The first-order chi connectivity index (χ1) is 5.24. The normalized spacial score (nSPS) is 9.55. The summed E-state index contributed by atoms with van der Waals surface area (Å²) in [5, 5.41) is 0. The molecule has 0 unspecified atom stereocenters. The van der Waals surface area contributed by atoms with Crippen molar-refractivity contribution < 1.29 is 9.53 Å².